The van der Waals surface area contributed by atoms with Gasteiger partial charge in [-0.05, 0) is 61.3 Å². The van der Waals surface area contributed by atoms with E-state index in [0.29, 0.717) is 16.9 Å². The summed E-state index contributed by atoms with van der Waals surface area (Å²) in [6.45, 7) is 5.18. The highest BCUT2D eigenvalue weighted by molar-refractivity contribution is 5.34. The number of non-ortho nitro benzene ring substituents is 1. The van der Waals surface area contributed by atoms with Crippen LogP contribution in [-0.2, 0) is 0 Å². The van der Waals surface area contributed by atoms with E-state index in [1.54, 1.807) is 0 Å². The van der Waals surface area contributed by atoms with Crippen molar-refractivity contribution in [3.8, 4) is 0 Å². The van der Waals surface area contributed by atoms with Crippen LogP contribution in [0.3, 0.4) is 0 Å². The summed E-state index contributed by atoms with van der Waals surface area (Å²) in [7, 11) is 0. The van der Waals surface area contributed by atoms with Gasteiger partial charge in [0.1, 0.15) is 0 Å². The highest BCUT2D eigenvalue weighted by atomic mass is 16.6. The van der Waals surface area contributed by atoms with Crippen molar-refractivity contribution in [1.29, 1.82) is 0 Å². The molecule has 0 aromatic heterocycles. The number of nitro benzene ring substituents is 1. The molecule has 24 heavy (non-hydrogen) atoms. The predicted octanol–water partition coefficient (Wildman–Crippen LogP) is 2.80. The molecule has 0 radical (unpaired) electrons. The number of nitrogens with one attached hydrogen (secondary N) is 1. The van der Waals surface area contributed by atoms with Gasteiger partial charge < -0.3 is 15.5 Å². The van der Waals surface area contributed by atoms with Crippen molar-refractivity contribution in [2.75, 3.05) is 13.2 Å². The fourth-order valence-electron chi connectivity index (χ4n) is 3.28. The quantitative estimate of drug-likeness (QED) is 0.525. The first-order valence-electron chi connectivity index (χ1n) is 8.59. The first kappa shape index (κ1) is 18.8. The minimum absolute atomic E-state index is 0.00993. The van der Waals surface area contributed by atoms with Crippen molar-refractivity contribution in [2.45, 2.75) is 51.7 Å². The van der Waals surface area contributed by atoms with Crippen LogP contribution in [-0.4, -0.2) is 34.3 Å². The fraction of sp³-hybridized carbons (Fsp3) is 0.667. The molecule has 0 saturated heterocycles. The second-order valence-corrected chi connectivity index (χ2v) is 7.60. The molecule has 6 heteroatoms. The number of aliphatic hydroxyl groups is 2. The Morgan fingerprint density at radius 1 is 1.29 bits per heavy atom. The molecule has 2 rings (SSSR count). The maximum atomic E-state index is 10.7. The molecule has 1 aliphatic rings. The lowest BCUT2D eigenvalue weighted by molar-refractivity contribution is -0.384. The van der Waals surface area contributed by atoms with E-state index in [2.05, 4.69) is 19.2 Å². The zero-order valence-electron chi connectivity index (χ0n) is 14.4. The number of aliphatic hydroxyl groups excluding tert-OH is 2. The molecular formula is C18H28N2O4. The van der Waals surface area contributed by atoms with Gasteiger partial charge >= 0.3 is 0 Å². The molecule has 1 fully saturated rings. The van der Waals surface area contributed by atoms with Crippen LogP contribution in [0.25, 0.3) is 0 Å². The molecule has 1 aliphatic carbocycles. The van der Waals surface area contributed by atoms with Crippen LogP contribution in [0, 0.1) is 21.4 Å². The van der Waals surface area contributed by atoms with Crippen molar-refractivity contribution in [2.24, 2.45) is 11.3 Å². The Kier molecular flexibility index (Phi) is 6.32. The molecule has 0 amide bonds. The third-order valence-corrected chi connectivity index (χ3v) is 5.15. The molecule has 0 unspecified atom stereocenters. The van der Waals surface area contributed by atoms with Crippen LogP contribution in [0.4, 0.5) is 5.69 Å². The summed E-state index contributed by atoms with van der Waals surface area (Å²) < 4.78 is 0. The summed E-state index contributed by atoms with van der Waals surface area (Å²) in [6.07, 6.45) is 3.83. The van der Waals surface area contributed by atoms with Crippen LogP contribution in [0.2, 0.25) is 0 Å². The van der Waals surface area contributed by atoms with Crippen molar-refractivity contribution in [1.82, 2.24) is 5.32 Å². The van der Waals surface area contributed by atoms with Crippen LogP contribution in [0.1, 0.15) is 51.2 Å². The van der Waals surface area contributed by atoms with Gasteiger partial charge in [0.2, 0.25) is 0 Å². The number of hydrogen-bond acceptors (Lipinski definition) is 5. The van der Waals surface area contributed by atoms with E-state index in [-0.39, 0.29) is 12.3 Å². The third-order valence-electron chi connectivity index (χ3n) is 5.15. The van der Waals surface area contributed by atoms with Gasteiger partial charge in [0.05, 0.1) is 23.7 Å². The lowest BCUT2D eigenvalue weighted by Crippen LogP contribution is -2.41. The lowest BCUT2D eigenvalue weighted by atomic mass is 9.73. The van der Waals surface area contributed by atoms with Crippen molar-refractivity contribution in [3.05, 3.63) is 39.9 Å². The molecule has 0 bridgehead atoms. The molecule has 3 N–H and O–H groups in total. The molecule has 1 aromatic rings. The first-order chi connectivity index (χ1) is 11.3. The van der Waals surface area contributed by atoms with E-state index >= 15 is 0 Å². The van der Waals surface area contributed by atoms with E-state index in [1.165, 1.54) is 37.1 Å². The molecule has 0 spiro atoms. The molecule has 6 nitrogen and oxygen atoms in total. The van der Waals surface area contributed by atoms with E-state index in [4.69, 9.17) is 0 Å². The predicted molar refractivity (Wildman–Crippen MR) is 92.7 cm³/mol. The number of rotatable bonds is 7. The smallest absolute Gasteiger partial charge is 0.269 e. The molecule has 0 heterocycles. The normalized spacial score (nSPS) is 20.5. The highest BCUT2D eigenvalue weighted by Crippen LogP contribution is 2.37. The SMILES string of the molecule is CC1(C)CCC(CN[C@H](CO)[C@H](O)c2ccc([N+](=O)[O-])cc2)CC1. The van der Waals surface area contributed by atoms with Crippen molar-refractivity contribution >= 4 is 5.69 Å². The van der Waals surface area contributed by atoms with Gasteiger partial charge in [-0.2, -0.15) is 0 Å². The zero-order valence-corrected chi connectivity index (χ0v) is 14.4. The van der Waals surface area contributed by atoms with Crippen molar-refractivity contribution in [3.63, 3.8) is 0 Å². The molecule has 1 aromatic carbocycles. The number of nitro groups is 1. The lowest BCUT2D eigenvalue weighted by Gasteiger charge is -2.35. The Hall–Kier alpha value is -1.50. The van der Waals surface area contributed by atoms with Gasteiger partial charge in [-0.25, -0.2) is 0 Å². The monoisotopic (exact) mass is 336 g/mol. The summed E-state index contributed by atoms with van der Waals surface area (Å²) in [5.74, 6) is 0.566. The van der Waals surface area contributed by atoms with Crippen LogP contribution >= 0.6 is 0 Å². The Morgan fingerprint density at radius 3 is 2.38 bits per heavy atom. The number of hydrogen-bond donors (Lipinski definition) is 3. The standard InChI is InChI=1S/C18H28N2O4/c1-18(2)9-7-13(8-10-18)11-19-16(12-21)17(22)14-3-5-15(6-4-14)20(23)24/h3-6,13,16-17,19,21-22H,7-12H2,1-2H3/t16-,17-/m1/s1. The Bertz CT molecular complexity index is 534. The third kappa shape index (κ3) is 5.00. The number of nitrogens with zero attached hydrogens (tertiary/aromatic N) is 1. The zero-order chi connectivity index (χ0) is 17.7. The maximum absolute atomic E-state index is 10.7. The van der Waals surface area contributed by atoms with Gasteiger partial charge in [-0.3, -0.25) is 10.1 Å². The Balaban J connectivity index is 1.89. The molecule has 0 aliphatic heterocycles. The second kappa shape index (κ2) is 8.05. The summed E-state index contributed by atoms with van der Waals surface area (Å²) >= 11 is 0. The van der Waals surface area contributed by atoms with Crippen LogP contribution < -0.4 is 5.32 Å². The minimum atomic E-state index is -0.893. The molecular weight excluding hydrogens is 308 g/mol. The topological polar surface area (TPSA) is 95.6 Å². The van der Waals surface area contributed by atoms with Crippen LogP contribution in [0.15, 0.2) is 24.3 Å². The average Bonchev–Trinajstić information content (AvgIpc) is 2.56. The van der Waals surface area contributed by atoms with E-state index in [1.807, 2.05) is 0 Å². The fourth-order valence-corrected chi connectivity index (χ4v) is 3.28. The summed E-state index contributed by atoms with van der Waals surface area (Å²) in [6, 6.07) is 5.35. The first-order valence-corrected chi connectivity index (χ1v) is 8.59. The highest BCUT2D eigenvalue weighted by Gasteiger charge is 2.28. The van der Waals surface area contributed by atoms with Gasteiger partial charge in [0.15, 0.2) is 0 Å². The second-order valence-electron chi connectivity index (χ2n) is 7.60. The van der Waals surface area contributed by atoms with E-state index in [9.17, 15) is 20.3 Å². The summed E-state index contributed by atoms with van der Waals surface area (Å²) in [5, 5.41) is 34.0. The number of benzene rings is 1. The molecule has 2 atom stereocenters. The molecule has 1 saturated carbocycles. The van der Waals surface area contributed by atoms with Gasteiger partial charge in [0, 0.05) is 12.1 Å². The average molecular weight is 336 g/mol. The van der Waals surface area contributed by atoms with Gasteiger partial charge in [-0.1, -0.05) is 13.8 Å². The Labute approximate surface area is 143 Å². The van der Waals surface area contributed by atoms with Gasteiger partial charge in [0.25, 0.3) is 5.69 Å². The Morgan fingerprint density at radius 2 is 1.88 bits per heavy atom. The molecule has 134 valence electrons. The van der Waals surface area contributed by atoms with E-state index < -0.39 is 17.1 Å². The van der Waals surface area contributed by atoms with Crippen molar-refractivity contribution < 1.29 is 15.1 Å². The van der Waals surface area contributed by atoms with Gasteiger partial charge in [-0.15, -0.1) is 0 Å². The minimum Gasteiger partial charge on any atom is -0.395 e. The van der Waals surface area contributed by atoms with E-state index in [0.717, 1.165) is 19.4 Å². The summed E-state index contributed by atoms with van der Waals surface area (Å²) in [4.78, 5) is 10.2. The van der Waals surface area contributed by atoms with Crippen LogP contribution in [0.5, 0.6) is 0 Å². The largest absolute Gasteiger partial charge is 0.395 e. The maximum Gasteiger partial charge on any atom is 0.269 e. The summed E-state index contributed by atoms with van der Waals surface area (Å²) in [5.41, 5.74) is 0.978.